The average Bonchev–Trinajstić information content (AvgIpc) is 2.99. The maximum absolute atomic E-state index is 13.3. The van der Waals surface area contributed by atoms with Gasteiger partial charge >= 0.3 is 0 Å². The number of nitrogens with zero attached hydrogens (tertiary/aromatic N) is 3. The van der Waals surface area contributed by atoms with Gasteiger partial charge in [-0.05, 0) is 25.1 Å². The highest BCUT2D eigenvalue weighted by atomic mass is 19.1. The Balaban J connectivity index is 1.35. The number of halogens is 1. The van der Waals surface area contributed by atoms with Crippen LogP contribution in [0.3, 0.4) is 0 Å². The summed E-state index contributed by atoms with van der Waals surface area (Å²) in [5, 5.41) is 0. The van der Waals surface area contributed by atoms with Crippen LogP contribution in [0, 0.1) is 12.7 Å². The van der Waals surface area contributed by atoms with Gasteiger partial charge in [-0.1, -0.05) is 0 Å². The number of pyridine rings is 2. The van der Waals surface area contributed by atoms with Gasteiger partial charge in [0.25, 0.3) is 5.91 Å². The smallest absolute Gasteiger partial charge is 0.255 e. The van der Waals surface area contributed by atoms with Gasteiger partial charge in [0.2, 0.25) is 0 Å². The fourth-order valence-corrected chi connectivity index (χ4v) is 3.24. The Morgan fingerprint density at radius 2 is 1.93 bits per heavy atom. The molecule has 4 rings (SSSR count). The number of rotatable bonds is 3. The lowest BCUT2D eigenvalue weighted by molar-refractivity contribution is -0.00461. The summed E-state index contributed by atoms with van der Waals surface area (Å²) in [4.78, 5) is 22.1. The predicted molar refractivity (Wildman–Crippen MR) is 93.0 cm³/mol. The third-order valence-corrected chi connectivity index (χ3v) is 4.63. The highest BCUT2D eigenvalue weighted by molar-refractivity contribution is 5.94. The van der Waals surface area contributed by atoms with Crippen LogP contribution in [0.1, 0.15) is 16.1 Å². The van der Waals surface area contributed by atoms with Crippen molar-refractivity contribution in [1.82, 2.24) is 14.9 Å². The molecule has 27 heavy (non-hydrogen) atoms. The Labute approximate surface area is 156 Å². The number of fused-ring (bicyclic) bond motifs is 1. The summed E-state index contributed by atoms with van der Waals surface area (Å²) in [6.45, 7) is 3.41. The molecular weight excluding hydrogens is 353 g/mol. The quantitative estimate of drug-likeness (QED) is 0.814. The summed E-state index contributed by atoms with van der Waals surface area (Å²) in [5.74, 6) is -0.145. The van der Waals surface area contributed by atoms with Gasteiger partial charge < -0.3 is 19.1 Å². The van der Waals surface area contributed by atoms with Gasteiger partial charge in [-0.25, -0.2) is 4.39 Å². The van der Waals surface area contributed by atoms with Crippen molar-refractivity contribution in [2.24, 2.45) is 0 Å². The van der Waals surface area contributed by atoms with Crippen LogP contribution in [0.5, 0.6) is 5.75 Å². The number of amides is 1. The van der Waals surface area contributed by atoms with Crippen molar-refractivity contribution in [3.8, 4) is 5.75 Å². The average molecular weight is 373 g/mol. The molecule has 0 unspecified atom stereocenters. The zero-order chi connectivity index (χ0) is 18.8. The van der Waals surface area contributed by atoms with Crippen LogP contribution in [0.4, 0.5) is 4.39 Å². The molecule has 0 saturated carbocycles. The van der Waals surface area contributed by atoms with Crippen LogP contribution in [0.25, 0.3) is 0 Å². The monoisotopic (exact) mass is 373 g/mol. The third kappa shape index (κ3) is 4.06. The SMILES string of the molecule is Cc1ccc(OC2CO[C@H]3CN(C(=O)c4cncc(F)c4)C[C@@H]3OC2)cn1. The predicted octanol–water partition coefficient (Wildman–Crippen LogP) is 1.61. The highest BCUT2D eigenvalue weighted by Crippen LogP contribution is 2.23. The Hall–Kier alpha value is -2.58. The van der Waals surface area contributed by atoms with E-state index in [1.54, 1.807) is 11.1 Å². The van der Waals surface area contributed by atoms with Crippen LogP contribution in [-0.4, -0.2) is 65.4 Å². The fraction of sp³-hybridized carbons (Fsp3) is 0.421. The van der Waals surface area contributed by atoms with Gasteiger partial charge in [-0.3, -0.25) is 14.8 Å². The first-order valence-electron chi connectivity index (χ1n) is 8.81. The summed E-state index contributed by atoms with van der Waals surface area (Å²) in [5.41, 5.74) is 1.14. The normalized spacial score (nSPS) is 23.0. The van der Waals surface area contributed by atoms with E-state index >= 15 is 0 Å². The molecule has 0 spiro atoms. The molecule has 2 aliphatic heterocycles. The molecule has 1 amide bonds. The number of aromatic nitrogens is 2. The van der Waals surface area contributed by atoms with Gasteiger partial charge in [0.05, 0.1) is 31.2 Å². The molecule has 2 aliphatic rings. The number of carbonyl (C=O) groups excluding carboxylic acids is 1. The summed E-state index contributed by atoms with van der Waals surface area (Å²) in [6, 6.07) is 4.93. The van der Waals surface area contributed by atoms with Gasteiger partial charge in [0.1, 0.15) is 29.9 Å². The molecule has 8 heteroatoms. The van der Waals surface area contributed by atoms with E-state index in [1.807, 2.05) is 19.1 Å². The molecule has 0 N–H and O–H groups in total. The number of hydrogen-bond donors (Lipinski definition) is 0. The molecule has 0 aliphatic carbocycles. The summed E-state index contributed by atoms with van der Waals surface area (Å²) in [7, 11) is 0. The van der Waals surface area contributed by atoms with Crippen LogP contribution < -0.4 is 4.74 Å². The van der Waals surface area contributed by atoms with Crippen molar-refractivity contribution in [1.29, 1.82) is 0 Å². The highest BCUT2D eigenvalue weighted by Gasteiger charge is 2.40. The van der Waals surface area contributed by atoms with Gasteiger partial charge in [0, 0.05) is 25.0 Å². The summed E-state index contributed by atoms with van der Waals surface area (Å²) < 4.78 is 31.0. The van der Waals surface area contributed by atoms with Crippen molar-refractivity contribution in [3.63, 3.8) is 0 Å². The van der Waals surface area contributed by atoms with Crippen LogP contribution in [0.15, 0.2) is 36.8 Å². The minimum atomic E-state index is -0.535. The van der Waals surface area contributed by atoms with Gasteiger partial charge in [-0.15, -0.1) is 0 Å². The molecular formula is C19H20FN3O4. The largest absolute Gasteiger partial charge is 0.484 e. The Kier molecular flexibility index (Phi) is 5.00. The number of aryl methyl sites for hydroxylation is 1. The molecule has 7 nitrogen and oxygen atoms in total. The minimum Gasteiger partial charge on any atom is -0.484 e. The Bertz CT molecular complexity index is 801. The Morgan fingerprint density at radius 1 is 1.19 bits per heavy atom. The van der Waals surface area contributed by atoms with Crippen molar-refractivity contribution in [3.05, 3.63) is 53.9 Å². The number of carbonyl (C=O) groups is 1. The van der Waals surface area contributed by atoms with Crippen molar-refractivity contribution >= 4 is 5.91 Å². The van der Waals surface area contributed by atoms with E-state index in [-0.39, 0.29) is 29.8 Å². The molecule has 4 heterocycles. The number of ether oxygens (including phenoxy) is 3. The summed E-state index contributed by atoms with van der Waals surface area (Å²) >= 11 is 0. The zero-order valence-corrected chi connectivity index (χ0v) is 14.9. The standard InChI is InChI=1S/C19H20FN3O4/c1-12-2-3-15(7-22-12)27-16-10-25-17-8-23(9-18(17)26-11-16)19(24)13-4-14(20)6-21-5-13/h2-7,16-18H,8-11H2,1H3/t17-,18-/m0/s1. The lowest BCUT2D eigenvalue weighted by Gasteiger charge is -2.19. The van der Waals surface area contributed by atoms with E-state index in [2.05, 4.69) is 9.97 Å². The van der Waals surface area contributed by atoms with E-state index < -0.39 is 5.82 Å². The van der Waals surface area contributed by atoms with Crippen LogP contribution >= 0.6 is 0 Å². The second-order valence-electron chi connectivity index (χ2n) is 6.72. The maximum atomic E-state index is 13.3. The molecule has 2 atom stereocenters. The molecule has 0 aromatic carbocycles. The zero-order valence-electron chi connectivity index (χ0n) is 14.9. The lowest BCUT2D eigenvalue weighted by Crippen LogP contribution is -2.33. The third-order valence-electron chi connectivity index (χ3n) is 4.63. The molecule has 2 saturated heterocycles. The van der Waals surface area contributed by atoms with E-state index in [9.17, 15) is 9.18 Å². The van der Waals surface area contributed by atoms with Crippen LogP contribution in [-0.2, 0) is 9.47 Å². The first-order chi connectivity index (χ1) is 13.1. The maximum Gasteiger partial charge on any atom is 0.255 e. The fourth-order valence-electron chi connectivity index (χ4n) is 3.24. The van der Waals surface area contributed by atoms with E-state index in [0.717, 1.165) is 11.9 Å². The topological polar surface area (TPSA) is 73.8 Å². The second kappa shape index (κ2) is 7.58. The molecule has 0 radical (unpaired) electrons. The molecule has 0 bridgehead atoms. The van der Waals surface area contributed by atoms with Gasteiger partial charge in [-0.2, -0.15) is 0 Å². The summed E-state index contributed by atoms with van der Waals surface area (Å²) in [6.07, 6.45) is 3.40. The van der Waals surface area contributed by atoms with Crippen molar-refractivity contribution < 1.29 is 23.4 Å². The first-order valence-corrected chi connectivity index (χ1v) is 8.81. The van der Waals surface area contributed by atoms with Gasteiger partial charge in [0.15, 0.2) is 0 Å². The minimum absolute atomic E-state index is 0.222. The second-order valence-corrected chi connectivity index (χ2v) is 6.72. The Morgan fingerprint density at radius 3 is 2.56 bits per heavy atom. The van der Waals surface area contributed by atoms with Crippen molar-refractivity contribution in [2.75, 3.05) is 26.3 Å². The van der Waals surface area contributed by atoms with Crippen molar-refractivity contribution in [2.45, 2.75) is 25.2 Å². The van der Waals surface area contributed by atoms with E-state index in [1.165, 1.54) is 12.3 Å². The molecule has 142 valence electrons. The van der Waals surface area contributed by atoms with E-state index in [4.69, 9.17) is 14.2 Å². The molecule has 2 aromatic heterocycles. The number of likely N-dealkylation sites (tertiary alicyclic amines) is 1. The molecule has 2 aromatic rings. The van der Waals surface area contributed by atoms with Crippen LogP contribution in [0.2, 0.25) is 0 Å². The molecule has 2 fully saturated rings. The van der Waals surface area contributed by atoms with E-state index in [0.29, 0.717) is 32.1 Å². The number of hydrogen-bond acceptors (Lipinski definition) is 6. The lowest BCUT2D eigenvalue weighted by atomic mass is 10.2. The first kappa shape index (κ1) is 17.8.